The van der Waals surface area contributed by atoms with Crippen LogP contribution in [0, 0.1) is 5.41 Å². The van der Waals surface area contributed by atoms with Crippen LogP contribution in [-0.4, -0.2) is 23.4 Å². The van der Waals surface area contributed by atoms with E-state index in [1.54, 1.807) is 11.3 Å². The maximum atomic E-state index is 12.5. The van der Waals surface area contributed by atoms with Gasteiger partial charge in [0, 0.05) is 11.4 Å². The summed E-state index contributed by atoms with van der Waals surface area (Å²) in [5.41, 5.74) is 7.20. The minimum absolute atomic E-state index is 0.0758. The molecule has 0 radical (unpaired) electrons. The Morgan fingerprint density at radius 2 is 2.22 bits per heavy atom. The second kappa shape index (κ2) is 4.67. The first-order valence-corrected chi connectivity index (χ1v) is 7.32. The molecule has 2 heterocycles. The molecule has 1 aliphatic heterocycles. The first-order chi connectivity index (χ1) is 8.32. The van der Waals surface area contributed by atoms with Crippen LogP contribution < -0.4 is 5.73 Å². The zero-order valence-corrected chi connectivity index (χ0v) is 12.4. The van der Waals surface area contributed by atoms with Crippen molar-refractivity contribution in [3.05, 3.63) is 21.9 Å². The Hall–Kier alpha value is -0.870. The van der Waals surface area contributed by atoms with Crippen molar-refractivity contribution in [1.82, 2.24) is 4.90 Å². The van der Waals surface area contributed by atoms with Crippen LogP contribution in [0.3, 0.4) is 0 Å². The summed E-state index contributed by atoms with van der Waals surface area (Å²) in [4.78, 5) is 15.8. The van der Waals surface area contributed by atoms with Gasteiger partial charge in [0.15, 0.2) is 0 Å². The fourth-order valence-corrected chi connectivity index (χ4v) is 3.32. The largest absolute Gasteiger partial charge is 0.334 e. The van der Waals surface area contributed by atoms with Crippen molar-refractivity contribution in [2.45, 2.75) is 46.2 Å². The predicted molar refractivity (Wildman–Crippen MR) is 75.6 cm³/mol. The first-order valence-electron chi connectivity index (χ1n) is 6.44. The SMILES string of the molecule is CC1c2ccsc2CCN1C(=O)[C@@H](N)C(C)(C)C. The lowest BCUT2D eigenvalue weighted by molar-refractivity contribution is -0.137. The molecule has 1 aliphatic rings. The van der Waals surface area contributed by atoms with Gasteiger partial charge in [-0.1, -0.05) is 20.8 Å². The minimum Gasteiger partial charge on any atom is -0.334 e. The highest BCUT2D eigenvalue weighted by atomic mass is 32.1. The molecule has 2 N–H and O–H groups in total. The van der Waals surface area contributed by atoms with E-state index in [1.807, 2.05) is 25.7 Å². The fraction of sp³-hybridized carbons (Fsp3) is 0.643. The lowest BCUT2D eigenvalue weighted by atomic mass is 9.85. The number of carbonyl (C=O) groups is 1. The molecule has 2 rings (SSSR count). The molecule has 1 amide bonds. The van der Waals surface area contributed by atoms with Gasteiger partial charge in [0.25, 0.3) is 0 Å². The van der Waals surface area contributed by atoms with Crippen LogP contribution in [0.5, 0.6) is 0 Å². The van der Waals surface area contributed by atoms with Crippen molar-refractivity contribution < 1.29 is 4.79 Å². The Labute approximate surface area is 113 Å². The molecule has 3 nitrogen and oxygen atoms in total. The van der Waals surface area contributed by atoms with Crippen LogP contribution in [0.25, 0.3) is 0 Å². The third-order valence-electron chi connectivity index (χ3n) is 3.76. The molecule has 0 saturated heterocycles. The summed E-state index contributed by atoms with van der Waals surface area (Å²) in [6, 6.07) is 1.85. The molecule has 1 aromatic heterocycles. The van der Waals surface area contributed by atoms with Crippen molar-refractivity contribution in [2.75, 3.05) is 6.54 Å². The van der Waals surface area contributed by atoms with Gasteiger partial charge < -0.3 is 10.6 Å². The van der Waals surface area contributed by atoms with Crippen molar-refractivity contribution in [1.29, 1.82) is 0 Å². The molecule has 0 aromatic carbocycles. The average Bonchev–Trinajstić information content (AvgIpc) is 2.75. The van der Waals surface area contributed by atoms with Gasteiger partial charge in [-0.25, -0.2) is 0 Å². The number of thiophene rings is 1. The molecular formula is C14H22N2OS. The number of nitrogens with zero attached hydrogens (tertiary/aromatic N) is 1. The first kappa shape index (κ1) is 13.6. The van der Waals surface area contributed by atoms with Gasteiger partial charge in [0.2, 0.25) is 5.91 Å². The third kappa shape index (κ3) is 2.31. The molecule has 100 valence electrons. The van der Waals surface area contributed by atoms with Crippen LogP contribution in [0.2, 0.25) is 0 Å². The summed E-state index contributed by atoms with van der Waals surface area (Å²) in [5.74, 6) is 0.0758. The maximum Gasteiger partial charge on any atom is 0.240 e. The number of rotatable bonds is 1. The van der Waals surface area contributed by atoms with E-state index in [-0.39, 0.29) is 17.4 Å². The fourth-order valence-electron chi connectivity index (χ4n) is 2.36. The van der Waals surface area contributed by atoms with E-state index < -0.39 is 6.04 Å². The number of amides is 1. The lowest BCUT2D eigenvalue weighted by Crippen LogP contribution is -2.52. The molecule has 0 bridgehead atoms. The quantitative estimate of drug-likeness (QED) is 0.849. The number of hydrogen-bond donors (Lipinski definition) is 1. The average molecular weight is 266 g/mol. The molecule has 2 atom stereocenters. The van der Waals surface area contributed by atoms with Gasteiger partial charge in [-0.3, -0.25) is 4.79 Å². The number of fused-ring (bicyclic) bond motifs is 1. The van der Waals surface area contributed by atoms with Gasteiger partial charge in [-0.15, -0.1) is 11.3 Å². The Kier molecular flexibility index (Phi) is 3.52. The number of carbonyl (C=O) groups excluding carboxylic acids is 1. The summed E-state index contributed by atoms with van der Waals surface area (Å²) < 4.78 is 0. The van der Waals surface area contributed by atoms with Gasteiger partial charge in [0.1, 0.15) is 0 Å². The van der Waals surface area contributed by atoms with E-state index in [2.05, 4.69) is 18.4 Å². The molecule has 4 heteroatoms. The third-order valence-corrected chi connectivity index (χ3v) is 4.76. The second-order valence-corrected chi connectivity index (χ2v) is 7.10. The Morgan fingerprint density at radius 1 is 1.56 bits per heavy atom. The van der Waals surface area contributed by atoms with Crippen LogP contribution in [0.1, 0.15) is 44.2 Å². The van der Waals surface area contributed by atoms with Gasteiger partial charge >= 0.3 is 0 Å². The summed E-state index contributed by atoms with van der Waals surface area (Å²) >= 11 is 1.79. The van der Waals surface area contributed by atoms with E-state index in [1.165, 1.54) is 10.4 Å². The maximum absolute atomic E-state index is 12.5. The van der Waals surface area contributed by atoms with Gasteiger partial charge in [-0.2, -0.15) is 0 Å². The number of hydrogen-bond acceptors (Lipinski definition) is 3. The number of nitrogens with two attached hydrogens (primary N) is 1. The van der Waals surface area contributed by atoms with Crippen molar-refractivity contribution in [3.8, 4) is 0 Å². The molecule has 1 unspecified atom stereocenters. The van der Waals surface area contributed by atoms with E-state index in [9.17, 15) is 4.79 Å². The summed E-state index contributed by atoms with van der Waals surface area (Å²) in [6.07, 6.45) is 0.958. The molecule has 0 saturated carbocycles. The molecular weight excluding hydrogens is 244 g/mol. The van der Waals surface area contributed by atoms with E-state index in [0.29, 0.717) is 0 Å². The zero-order chi connectivity index (χ0) is 13.5. The Bertz CT molecular complexity index is 447. The molecule has 0 spiro atoms. The predicted octanol–water partition coefficient (Wildman–Crippen LogP) is 2.57. The highest BCUT2D eigenvalue weighted by molar-refractivity contribution is 7.10. The highest BCUT2D eigenvalue weighted by Crippen LogP contribution is 2.34. The zero-order valence-electron chi connectivity index (χ0n) is 11.6. The Balaban J connectivity index is 2.19. The topological polar surface area (TPSA) is 46.3 Å². The molecule has 0 fully saturated rings. The monoisotopic (exact) mass is 266 g/mol. The lowest BCUT2D eigenvalue weighted by Gasteiger charge is -2.38. The summed E-state index contributed by atoms with van der Waals surface area (Å²) in [5, 5.41) is 2.11. The van der Waals surface area contributed by atoms with Crippen molar-refractivity contribution >= 4 is 17.2 Å². The van der Waals surface area contributed by atoms with Crippen LogP contribution in [0.4, 0.5) is 0 Å². The molecule has 0 aliphatic carbocycles. The summed E-state index contributed by atoms with van der Waals surface area (Å²) in [6.45, 7) is 8.93. The van der Waals surface area contributed by atoms with E-state index in [4.69, 9.17) is 5.73 Å². The van der Waals surface area contributed by atoms with Gasteiger partial charge in [0.05, 0.1) is 12.1 Å². The highest BCUT2D eigenvalue weighted by Gasteiger charge is 2.35. The normalized spacial score (nSPS) is 21.6. The minimum atomic E-state index is -0.430. The van der Waals surface area contributed by atoms with Gasteiger partial charge in [-0.05, 0) is 35.8 Å². The molecule has 18 heavy (non-hydrogen) atoms. The van der Waals surface area contributed by atoms with Crippen LogP contribution in [0.15, 0.2) is 11.4 Å². The Morgan fingerprint density at radius 3 is 2.83 bits per heavy atom. The van der Waals surface area contributed by atoms with Crippen LogP contribution >= 0.6 is 11.3 Å². The van der Waals surface area contributed by atoms with Crippen LogP contribution in [-0.2, 0) is 11.2 Å². The summed E-state index contributed by atoms with van der Waals surface area (Å²) in [7, 11) is 0. The standard InChI is InChI=1S/C14H22N2OS/c1-9-10-6-8-18-11(10)5-7-16(9)13(17)12(15)14(2,3)4/h6,8-9,12H,5,7,15H2,1-4H3/t9?,12-/m1/s1. The molecule has 1 aromatic rings. The van der Waals surface area contributed by atoms with E-state index in [0.717, 1.165) is 13.0 Å². The van der Waals surface area contributed by atoms with Crippen molar-refractivity contribution in [3.63, 3.8) is 0 Å². The smallest absolute Gasteiger partial charge is 0.240 e. The second-order valence-electron chi connectivity index (χ2n) is 6.10. The van der Waals surface area contributed by atoms with Crippen molar-refractivity contribution in [2.24, 2.45) is 11.1 Å². The van der Waals surface area contributed by atoms with E-state index >= 15 is 0 Å².